The third kappa shape index (κ3) is 2.28. The van der Waals surface area contributed by atoms with Crippen LogP contribution in [-0.2, 0) is 4.79 Å². The van der Waals surface area contributed by atoms with Gasteiger partial charge in [0.1, 0.15) is 11.9 Å². The van der Waals surface area contributed by atoms with E-state index >= 15 is 0 Å². The molecule has 2 heterocycles. The number of amides is 1. The Hall–Kier alpha value is -2.09. The molecule has 82 valence electrons. The highest BCUT2D eigenvalue weighted by Crippen LogP contribution is 2.11. The number of nitrogens with zero attached hydrogens (tertiary/aromatic N) is 2. The second-order valence-corrected chi connectivity index (χ2v) is 3.67. The van der Waals surface area contributed by atoms with Crippen LogP contribution in [0.1, 0.15) is 18.4 Å². The Bertz CT molecular complexity index is 438. The van der Waals surface area contributed by atoms with E-state index in [0.717, 1.165) is 19.4 Å². The van der Waals surface area contributed by atoms with Gasteiger partial charge >= 0.3 is 0 Å². The summed E-state index contributed by atoms with van der Waals surface area (Å²) in [6, 6.07) is 5.07. The van der Waals surface area contributed by atoms with Crippen LogP contribution in [0.4, 0.5) is 5.82 Å². The fourth-order valence-corrected chi connectivity index (χ4v) is 1.67. The number of nitriles is 1. The number of carbonyl (C=O) groups excluding carboxylic acids is 1. The molecule has 0 spiro atoms. The molecule has 0 bridgehead atoms. The fraction of sp³-hybridized carbons (Fsp3) is 0.364. The van der Waals surface area contributed by atoms with Crippen molar-refractivity contribution in [2.75, 3.05) is 11.9 Å². The van der Waals surface area contributed by atoms with E-state index < -0.39 is 0 Å². The summed E-state index contributed by atoms with van der Waals surface area (Å²) >= 11 is 0. The molecule has 2 rings (SSSR count). The molecular formula is C11H12N4O. The quantitative estimate of drug-likeness (QED) is 0.760. The van der Waals surface area contributed by atoms with Gasteiger partial charge in [0.05, 0.1) is 11.6 Å². The number of rotatable bonds is 2. The van der Waals surface area contributed by atoms with Crippen molar-refractivity contribution in [1.29, 1.82) is 5.26 Å². The number of piperidine rings is 1. The Morgan fingerprint density at radius 1 is 1.62 bits per heavy atom. The first-order valence-corrected chi connectivity index (χ1v) is 5.20. The van der Waals surface area contributed by atoms with Crippen LogP contribution in [-0.4, -0.2) is 23.5 Å². The zero-order chi connectivity index (χ0) is 11.4. The summed E-state index contributed by atoms with van der Waals surface area (Å²) in [5, 5.41) is 14.6. The third-order valence-corrected chi connectivity index (χ3v) is 2.50. The highest BCUT2D eigenvalue weighted by molar-refractivity contribution is 5.85. The van der Waals surface area contributed by atoms with E-state index in [1.807, 2.05) is 6.07 Å². The van der Waals surface area contributed by atoms with Crippen LogP contribution in [0.15, 0.2) is 18.3 Å². The lowest BCUT2D eigenvalue weighted by Crippen LogP contribution is -2.44. The molecule has 1 unspecified atom stereocenters. The normalized spacial score (nSPS) is 19.7. The van der Waals surface area contributed by atoms with E-state index in [4.69, 9.17) is 5.26 Å². The van der Waals surface area contributed by atoms with E-state index in [9.17, 15) is 4.79 Å². The Kier molecular flexibility index (Phi) is 3.01. The fourth-order valence-electron chi connectivity index (χ4n) is 1.67. The average molecular weight is 216 g/mol. The molecule has 1 aromatic rings. The molecule has 1 aliphatic rings. The number of pyridine rings is 1. The van der Waals surface area contributed by atoms with Crippen molar-refractivity contribution in [2.24, 2.45) is 0 Å². The first-order chi connectivity index (χ1) is 7.79. The van der Waals surface area contributed by atoms with Crippen LogP contribution in [0.25, 0.3) is 0 Å². The molecule has 2 N–H and O–H groups in total. The summed E-state index contributed by atoms with van der Waals surface area (Å²) in [4.78, 5) is 15.6. The van der Waals surface area contributed by atoms with Crippen LogP contribution in [0.5, 0.6) is 0 Å². The molecule has 0 aromatic carbocycles. The number of nitrogens with one attached hydrogen (secondary N) is 2. The standard InChI is InChI=1S/C11H12N4O/c12-7-8-3-5-13-10(6-8)15-9-2-1-4-14-11(9)16/h3,5-6,9H,1-2,4H2,(H,13,15)(H,14,16). The Labute approximate surface area is 93.5 Å². The number of anilines is 1. The van der Waals surface area contributed by atoms with Gasteiger partial charge in [-0.3, -0.25) is 4.79 Å². The van der Waals surface area contributed by atoms with Gasteiger partial charge in [-0.2, -0.15) is 5.26 Å². The molecule has 1 saturated heterocycles. The minimum atomic E-state index is -0.241. The molecule has 1 aromatic heterocycles. The molecule has 1 atom stereocenters. The van der Waals surface area contributed by atoms with E-state index in [-0.39, 0.29) is 11.9 Å². The summed E-state index contributed by atoms with van der Waals surface area (Å²) in [5.41, 5.74) is 0.536. The van der Waals surface area contributed by atoms with Gasteiger partial charge in [0.25, 0.3) is 0 Å². The molecule has 5 nitrogen and oxygen atoms in total. The molecule has 16 heavy (non-hydrogen) atoms. The Morgan fingerprint density at radius 2 is 2.50 bits per heavy atom. The number of hydrogen-bond acceptors (Lipinski definition) is 4. The van der Waals surface area contributed by atoms with Crippen molar-refractivity contribution < 1.29 is 4.79 Å². The SMILES string of the molecule is N#Cc1ccnc(NC2CCCNC2=O)c1. The second-order valence-electron chi connectivity index (χ2n) is 3.67. The lowest BCUT2D eigenvalue weighted by atomic mass is 10.1. The highest BCUT2D eigenvalue weighted by Gasteiger charge is 2.21. The van der Waals surface area contributed by atoms with Crippen molar-refractivity contribution in [1.82, 2.24) is 10.3 Å². The number of aromatic nitrogens is 1. The maximum Gasteiger partial charge on any atom is 0.242 e. The van der Waals surface area contributed by atoms with Crippen LogP contribution >= 0.6 is 0 Å². The summed E-state index contributed by atoms with van der Waals surface area (Å²) < 4.78 is 0. The minimum Gasteiger partial charge on any atom is -0.358 e. The zero-order valence-corrected chi connectivity index (χ0v) is 8.73. The summed E-state index contributed by atoms with van der Waals surface area (Å²) in [7, 11) is 0. The van der Waals surface area contributed by atoms with Crippen molar-refractivity contribution in [3.8, 4) is 6.07 Å². The van der Waals surface area contributed by atoms with Gasteiger partial charge in [0.15, 0.2) is 0 Å². The van der Waals surface area contributed by atoms with Crippen LogP contribution in [0.3, 0.4) is 0 Å². The lowest BCUT2D eigenvalue weighted by molar-refractivity contribution is -0.123. The van der Waals surface area contributed by atoms with Gasteiger partial charge < -0.3 is 10.6 Å². The van der Waals surface area contributed by atoms with E-state index in [1.165, 1.54) is 0 Å². The zero-order valence-electron chi connectivity index (χ0n) is 8.73. The monoisotopic (exact) mass is 216 g/mol. The van der Waals surface area contributed by atoms with Crippen LogP contribution in [0, 0.1) is 11.3 Å². The maximum absolute atomic E-state index is 11.5. The molecule has 0 saturated carbocycles. The van der Waals surface area contributed by atoms with Crippen molar-refractivity contribution in [2.45, 2.75) is 18.9 Å². The highest BCUT2D eigenvalue weighted by atomic mass is 16.2. The summed E-state index contributed by atoms with van der Waals surface area (Å²) in [6.45, 7) is 0.739. The van der Waals surface area contributed by atoms with Crippen LogP contribution in [0.2, 0.25) is 0 Å². The summed E-state index contributed by atoms with van der Waals surface area (Å²) in [5.74, 6) is 0.566. The largest absolute Gasteiger partial charge is 0.358 e. The second kappa shape index (κ2) is 4.62. The third-order valence-electron chi connectivity index (χ3n) is 2.50. The van der Waals surface area contributed by atoms with E-state index in [1.54, 1.807) is 18.3 Å². The van der Waals surface area contributed by atoms with Crippen molar-refractivity contribution in [3.05, 3.63) is 23.9 Å². The van der Waals surface area contributed by atoms with Gasteiger partial charge in [-0.1, -0.05) is 0 Å². The Balaban J connectivity index is 2.08. The number of carbonyl (C=O) groups is 1. The van der Waals surface area contributed by atoms with E-state index in [2.05, 4.69) is 15.6 Å². The molecule has 0 radical (unpaired) electrons. The molecule has 1 amide bonds. The maximum atomic E-state index is 11.5. The molecule has 1 aliphatic heterocycles. The smallest absolute Gasteiger partial charge is 0.242 e. The van der Waals surface area contributed by atoms with Crippen molar-refractivity contribution in [3.63, 3.8) is 0 Å². The van der Waals surface area contributed by atoms with Gasteiger partial charge in [-0.15, -0.1) is 0 Å². The number of hydrogen-bond donors (Lipinski definition) is 2. The Morgan fingerprint density at radius 3 is 3.25 bits per heavy atom. The minimum absolute atomic E-state index is 0.00425. The predicted molar refractivity (Wildman–Crippen MR) is 58.6 cm³/mol. The predicted octanol–water partition coefficient (Wildman–Crippen LogP) is 0.644. The molecule has 0 aliphatic carbocycles. The van der Waals surface area contributed by atoms with Gasteiger partial charge in [-0.05, 0) is 25.0 Å². The summed E-state index contributed by atoms with van der Waals surface area (Å²) in [6.07, 6.45) is 3.31. The molecule has 1 fully saturated rings. The first kappa shape index (κ1) is 10.4. The average Bonchev–Trinajstić information content (AvgIpc) is 2.32. The van der Waals surface area contributed by atoms with Gasteiger partial charge in [0.2, 0.25) is 5.91 Å². The first-order valence-electron chi connectivity index (χ1n) is 5.20. The molecule has 5 heteroatoms. The van der Waals surface area contributed by atoms with E-state index in [0.29, 0.717) is 11.4 Å². The topological polar surface area (TPSA) is 77.8 Å². The van der Waals surface area contributed by atoms with Gasteiger partial charge in [-0.25, -0.2) is 4.98 Å². The molecular weight excluding hydrogens is 204 g/mol. The van der Waals surface area contributed by atoms with Crippen molar-refractivity contribution >= 4 is 11.7 Å². The van der Waals surface area contributed by atoms with Crippen LogP contribution < -0.4 is 10.6 Å². The lowest BCUT2D eigenvalue weighted by Gasteiger charge is -2.23. The van der Waals surface area contributed by atoms with Gasteiger partial charge in [0, 0.05) is 12.7 Å².